The van der Waals surface area contributed by atoms with E-state index in [9.17, 15) is 18.3 Å². The summed E-state index contributed by atoms with van der Waals surface area (Å²) in [4.78, 5) is 12.9. The maximum atomic E-state index is 12.9. The molecule has 1 N–H and O–H groups in total. The van der Waals surface area contributed by atoms with Crippen molar-refractivity contribution in [2.75, 3.05) is 6.26 Å². The average Bonchev–Trinajstić information content (AvgIpc) is 3.17. The molecule has 0 aromatic heterocycles. The third-order valence-electron chi connectivity index (χ3n) is 14.0. The molecule has 5 aliphatic rings. The molecule has 5 aliphatic carbocycles. The van der Waals surface area contributed by atoms with Gasteiger partial charge in [0.15, 0.2) is 0 Å². The van der Waals surface area contributed by atoms with E-state index >= 15 is 0 Å². The minimum atomic E-state index is -3.50. The van der Waals surface area contributed by atoms with Gasteiger partial charge in [0.2, 0.25) is 0 Å². The van der Waals surface area contributed by atoms with Crippen LogP contribution >= 0.6 is 0 Å². The molecule has 0 aromatic carbocycles. The zero-order chi connectivity index (χ0) is 27.4. The molecule has 0 aromatic rings. The van der Waals surface area contributed by atoms with Crippen LogP contribution in [-0.2, 0) is 19.1 Å². The number of fused-ring (bicyclic) bond motifs is 7. The molecule has 0 amide bonds. The molecule has 5 fully saturated rings. The number of carboxylic acid groups (broad SMARTS) is 1. The fourth-order valence-corrected chi connectivity index (χ4v) is 12.9. The quantitative estimate of drug-likeness (QED) is 0.386. The second-order valence-corrected chi connectivity index (χ2v) is 17.4. The van der Waals surface area contributed by atoms with Crippen LogP contribution in [0.3, 0.4) is 0 Å². The molecule has 5 unspecified atom stereocenters. The highest BCUT2D eigenvalue weighted by molar-refractivity contribution is 7.86. The fourth-order valence-electron chi connectivity index (χ4n) is 12.1. The summed E-state index contributed by atoms with van der Waals surface area (Å²) in [6, 6.07) is 0. The lowest BCUT2D eigenvalue weighted by Crippen LogP contribution is -2.67. The molecule has 212 valence electrons. The molecule has 0 radical (unpaired) electrons. The van der Waals surface area contributed by atoms with Gasteiger partial charge in [0.25, 0.3) is 10.1 Å². The average molecular weight is 537 g/mol. The molecule has 5 saturated carbocycles. The van der Waals surface area contributed by atoms with Crippen LogP contribution in [0.15, 0.2) is 0 Å². The molecule has 0 saturated heterocycles. The SMILES string of the molecule is CC(C)C1CCC2(C(=O)O)CC[C@]3(C)[C@H](CCC4[C@@]5(C)CC[C@H](OS(C)(=O)=O)C(C)(C)C5CC[C@]43C)C12. The van der Waals surface area contributed by atoms with Crippen LogP contribution in [0.25, 0.3) is 0 Å². The van der Waals surface area contributed by atoms with Crippen molar-refractivity contribution < 1.29 is 22.5 Å². The molecule has 0 heterocycles. The van der Waals surface area contributed by atoms with Gasteiger partial charge >= 0.3 is 5.97 Å². The van der Waals surface area contributed by atoms with E-state index < -0.39 is 21.5 Å². The molecule has 0 bridgehead atoms. The number of aliphatic carboxylic acids is 1. The summed E-state index contributed by atoms with van der Waals surface area (Å²) >= 11 is 0. The summed E-state index contributed by atoms with van der Waals surface area (Å²) in [6.45, 7) is 16.8. The van der Waals surface area contributed by atoms with E-state index in [0.717, 1.165) is 57.8 Å². The first-order valence-electron chi connectivity index (χ1n) is 15.1. The van der Waals surface area contributed by atoms with Gasteiger partial charge in [-0.3, -0.25) is 8.98 Å². The van der Waals surface area contributed by atoms with E-state index in [0.29, 0.717) is 35.5 Å². The molecule has 0 spiro atoms. The normalized spacial score (nSPS) is 51.1. The lowest BCUT2D eigenvalue weighted by molar-refractivity contribution is -0.247. The first-order valence-corrected chi connectivity index (χ1v) is 16.9. The highest BCUT2D eigenvalue weighted by atomic mass is 32.2. The molecule has 10 atom stereocenters. The number of hydrogen-bond donors (Lipinski definition) is 1. The van der Waals surface area contributed by atoms with Crippen molar-refractivity contribution in [3.8, 4) is 0 Å². The monoisotopic (exact) mass is 536 g/mol. The highest BCUT2D eigenvalue weighted by Crippen LogP contribution is 2.77. The first kappa shape index (κ1) is 27.9. The van der Waals surface area contributed by atoms with Gasteiger partial charge in [-0.2, -0.15) is 8.42 Å². The van der Waals surface area contributed by atoms with E-state index in [1.54, 1.807) is 0 Å². The Bertz CT molecular complexity index is 1050. The molecule has 37 heavy (non-hydrogen) atoms. The Morgan fingerprint density at radius 2 is 1.51 bits per heavy atom. The van der Waals surface area contributed by atoms with Crippen molar-refractivity contribution in [2.45, 2.75) is 119 Å². The number of hydrogen-bond acceptors (Lipinski definition) is 4. The van der Waals surface area contributed by atoms with Crippen LogP contribution < -0.4 is 0 Å². The number of carbonyl (C=O) groups is 1. The second-order valence-electron chi connectivity index (χ2n) is 15.8. The molecule has 5 nitrogen and oxygen atoms in total. The zero-order valence-electron chi connectivity index (χ0n) is 24.6. The topological polar surface area (TPSA) is 80.7 Å². The Labute approximate surface area is 226 Å². The van der Waals surface area contributed by atoms with Crippen LogP contribution in [0.4, 0.5) is 0 Å². The predicted octanol–water partition coefficient (Wildman–Crippen LogP) is 7.15. The largest absolute Gasteiger partial charge is 0.481 e. The Morgan fingerprint density at radius 3 is 2.11 bits per heavy atom. The lowest BCUT2D eigenvalue weighted by atomic mass is 9.32. The summed E-state index contributed by atoms with van der Waals surface area (Å²) in [5, 5.41) is 10.6. The molecule has 5 rings (SSSR count). The third-order valence-corrected chi connectivity index (χ3v) is 14.6. The van der Waals surface area contributed by atoms with E-state index in [2.05, 4.69) is 48.5 Å². The molecular weight excluding hydrogens is 484 g/mol. The predicted molar refractivity (Wildman–Crippen MR) is 146 cm³/mol. The van der Waals surface area contributed by atoms with Gasteiger partial charge in [0.05, 0.1) is 17.8 Å². The van der Waals surface area contributed by atoms with E-state index in [4.69, 9.17) is 4.18 Å². The molecular formula is C31H52O5S. The summed E-state index contributed by atoms with van der Waals surface area (Å²) in [6.07, 6.45) is 11.1. The summed E-state index contributed by atoms with van der Waals surface area (Å²) in [5.74, 6) is 2.28. The Morgan fingerprint density at radius 1 is 0.838 bits per heavy atom. The van der Waals surface area contributed by atoms with Crippen molar-refractivity contribution in [1.82, 2.24) is 0 Å². The van der Waals surface area contributed by atoms with Gasteiger partial charge in [-0.05, 0) is 121 Å². The van der Waals surface area contributed by atoms with Gasteiger partial charge in [-0.25, -0.2) is 0 Å². The summed E-state index contributed by atoms with van der Waals surface area (Å²) in [5.41, 5.74) is -0.247. The Hall–Kier alpha value is -0.620. The highest BCUT2D eigenvalue weighted by Gasteiger charge is 2.72. The number of carboxylic acids is 1. The van der Waals surface area contributed by atoms with Gasteiger partial charge in [0, 0.05) is 0 Å². The molecule has 0 aliphatic heterocycles. The van der Waals surface area contributed by atoms with Gasteiger partial charge in [-0.1, -0.05) is 48.5 Å². The van der Waals surface area contributed by atoms with E-state index in [-0.39, 0.29) is 27.8 Å². The molecule has 6 heteroatoms. The van der Waals surface area contributed by atoms with Crippen molar-refractivity contribution in [1.29, 1.82) is 0 Å². The van der Waals surface area contributed by atoms with Crippen molar-refractivity contribution >= 4 is 16.1 Å². The summed E-state index contributed by atoms with van der Waals surface area (Å²) in [7, 11) is -3.50. The minimum absolute atomic E-state index is 0.148. The van der Waals surface area contributed by atoms with Crippen LogP contribution in [0.1, 0.15) is 113 Å². The van der Waals surface area contributed by atoms with Crippen LogP contribution in [0.5, 0.6) is 0 Å². The number of rotatable bonds is 4. The van der Waals surface area contributed by atoms with E-state index in [1.165, 1.54) is 12.7 Å². The second kappa shape index (κ2) is 8.44. The van der Waals surface area contributed by atoms with E-state index in [1.807, 2.05) is 0 Å². The van der Waals surface area contributed by atoms with Gasteiger partial charge in [0.1, 0.15) is 0 Å². The minimum Gasteiger partial charge on any atom is -0.481 e. The lowest BCUT2D eigenvalue weighted by Gasteiger charge is -2.72. The van der Waals surface area contributed by atoms with Crippen LogP contribution in [-0.4, -0.2) is 31.9 Å². The fraction of sp³-hybridized carbons (Fsp3) is 0.968. The van der Waals surface area contributed by atoms with Crippen molar-refractivity contribution in [3.05, 3.63) is 0 Å². The smallest absolute Gasteiger partial charge is 0.309 e. The van der Waals surface area contributed by atoms with Crippen molar-refractivity contribution in [2.24, 2.45) is 62.6 Å². The maximum absolute atomic E-state index is 12.9. The summed E-state index contributed by atoms with van der Waals surface area (Å²) < 4.78 is 29.8. The zero-order valence-corrected chi connectivity index (χ0v) is 25.4. The Kier molecular flexibility index (Phi) is 6.37. The van der Waals surface area contributed by atoms with Crippen LogP contribution in [0.2, 0.25) is 0 Å². The third kappa shape index (κ3) is 3.69. The van der Waals surface area contributed by atoms with Crippen LogP contribution in [0, 0.1) is 62.6 Å². The maximum Gasteiger partial charge on any atom is 0.309 e. The standard InChI is InChI=1S/C31H52O5S/c1-19(2)20-11-16-31(26(32)33)18-17-29(6)21(25(20)31)9-10-23-28(5)14-13-24(36-37(8,34)35)27(3,4)22(28)12-15-30(23,29)7/h19-25H,9-18H2,1-8H3,(H,32,33)/t20?,21-,22?,23?,24+,25?,28+,29-,30-,31?/m1/s1. The Balaban J connectivity index is 1.51. The first-order chi connectivity index (χ1) is 16.9. The van der Waals surface area contributed by atoms with Gasteiger partial charge in [-0.15, -0.1) is 0 Å². The van der Waals surface area contributed by atoms with Crippen molar-refractivity contribution in [3.63, 3.8) is 0 Å². The van der Waals surface area contributed by atoms with Gasteiger partial charge < -0.3 is 5.11 Å².